The van der Waals surface area contributed by atoms with Gasteiger partial charge in [0, 0.05) is 37.2 Å². The van der Waals surface area contributed by atoms with Crippen LogP contribution in [0.5, 0.6) is 5.75 Å². The zero-order valence-corrected chi connectivity index (χ0v) is 10.7. The average Bonchev–Trinajstić information content (AvgIpc) is 2.91. The van der Waals surface area contributed by atoms with E-state index in [2.05, 4.69) is 10.3 Å². The van der Waals surface area contributed by atoms with Crippen molar-refractivity contribution in [2.45, 2.75) is 6.54 Å². The number of aromatic nitrogens is 2. The summed E-state index contributed by atoms with van der Waals surface area (Å²) in [6.07, 6.45) is 5.25. The molecule has 0 unspecified atom stereocenters. The van der Waals surface area contributed by atoms with Gasteiger partial charge in [-0.1, -0.05) is 0 Å². The standard InChI is InChI=1S/C13H16N4O2/c1-19-12-8-10(14)2-3-11(12)13(18)16-5-7-17-6-4-15-9-17/h2-4,6,8-9H,5,7,14H2,1H3,(H,16,18). The van der Waals surface area contributed by atoms with Crippen LogP contribution < -0.4 is 15.8 Å². The Labute approximate surface area is 111 Å². The highest BCUT2D eigenvalue weighted by Gasteiger charge is 2.11. The van der Waals surface area contributed by atoms with Gasteiger partial charge in [-0.2, -0.15) is 0 Å². The summed E-state index contributed by atoms with van der Waals surface area (Å²) < 4.78 is 7.03. The molecule has 0 atom stereocenters. The fourth-order valence-electron chi connectivity index (χ4n) is 1.71. The van der Waals surface area contributed by atoms with Crippen LogP contribution in [0.3, 0.4) is 0 Å². The number of nitrogens with two attached hydrogens (primary N) is 1. The minimum absolute atomic E-state index is 0.183. The van der Waals surface area contributed by atoms with Crippen molar-refractivity contribution in [3.05, 3.63) is 42.5 Å². The van der Waals surface area contributed by atoms with Crippen molar-refractivity contribution in [3.63, 3.8) is 0 Å². The number of benzene rings is 1. The summed E-state index contributed by atoms with van der Waals surface area (Å²) in [5.74, 6) is 0.289. The number of carbonyl (C=O) groups excluding carboxylic acids is 1. The summed E-state index contributed by atoms with van der Waals surface area (Å²) in [5, 5.41) is 2.82. The van der Waals surface area contributed by atoms with Crippen molar-refractivity contribution >= 4 is 11.6 Å². The Kier molecular flexibility index (Phi) is 4.02. The Bertz CT molecular complexity index is 552. The third-order valence-corrected chi connectivity index (χ3v) is 2.68. The molecule has 1 amide bonds. The molecule has 3 N–H and O–H groups in total. The Morgan fingerprint density at radius 2 is 2.37 bits per heavy atom. The molecule has 6 nitrogen and oxygen atoms in total. The van der Waals surface area contributed by atoms with E-state index in [9.17, 15) is 4.79 Å². The molecule has 19 heavy (non-hydrogen) atoms. The van der Waals surface area contributed by atoms with Gasteiger partial charge in [0.1, 0.15) is 5.75 Å². The monoisotopic (exact) mass is 260 g/mol. The number of nitrogens with one attached hydrogen (secondary N) is 1. The van der Waals surface area contributed by atoms with Gasteiger partial charge in [-0.05, 0) is 12.1 Å². The Hall–Kier alpha value is -2.50. The van der Waals surface area contributed by atoms with Gasteiger partial charge in [-0.25, -0.2) is 4.98 Å². The van der Waals surface area contributed by atoms with E-state index in [1.165, 1.54) is 7.11 Å². The summed E-state index contributed by atoms with van der Waals surface area (Å²) in [5.41, 5.74) is 6.68. The predicted octanol–water partition coefficient (Wildman–Crippen LogP) is 0.904. The molecule has 0 saturated carbocycles. The van der Waals surface area contributed by atoms with Gasteiger partial charge in [0.05, 0.1) is 19.0 Å². The molecule has 6 heteroatoms. The predicted molar refractivity (Wildman–Crippen MR) is 72.0 cm³/mol. The molecule has 1 aromatic carbocycles. The maximum Gasteiger partial charge on any atom is 0.255 e. The van der Waals surface area contributed by atoms with Crippen molar-refractivity contribution in [3.8, 4) is 5.75 Å². The quantitative estimate of drug-likeness (QED) is 0.783. The number of anilines is 1. The first-order valence-electron chi connectivity index (χ1n) is 5.88. The van der Waals surface area contributed by atoms with Crippen LogP contribution in [0.4, 0.5) is 5.69 Å². The van der Waals surface area contributed by atoms with Gasteiger partial charge >= 0.3 is 0 Å². The van der Waals surface area contributed by atoms with Gasteiger partial charge in [0.2, 0.25) is 0 Å². The van der Waals surface area contributed by atoms with E-state index in [4.69, 9.17) is 10.5 Å². The topological polar surface area (TPSA) is 82.2 Å². The molecule has 0 bridgehead atoms. The lowest BCUT2D eigenvalue weighted by Gasteiger charge is -2.10. The van der Waals surface area contributed by atoms with E-state index in [-0.39, 0.29) is 5.91 Å². The summed E-state index contributed by atoms with van der Waals surface area (Å²) in [6, 6.07) is 4.96. The summed E-state index contributed by atoms with van der Waals surface area (Å²) >= 11 is 0. The molecule has 0 spiro atoms. The zero-order valence-electron chi connectivity index (χ0n) is 10.7. The van der Waals surface area contributed by atoms with Gasteiger partial charge < -0.3 is 20.4 Å². The molecule has 100 valence electrons. The molecule has 0 fully saturated rings. The van der Waals surface area contributed by atoms with Gasteiger partial charge in [0.25, 0.3) is 5.91 Å². The molecule has 0 aliphatic heterocycles. The Morgan fingerprint density at radius 3 is 3.05 bits per heavy atom. The van der Waals surface area contributed by atoms with E-state index in [0.29, 0.717) is 30.1 Å². The highest BCUT2D eigenvalue weighted by atomic mass is 16.5. The van der Waals surface area contributed by atoms with Crippen molar-refractivity contribution in [2.24, 2.45) is 0 Å². The number of rotatable bonds is 5. The lowest BCUT2D eigenvalue weighted by atomic mass is 10.1. The second-order valence-corrected chi connectivity index (χ2v) is 4.02. The highest BCUT2D eigenvalue weighted by molar-refractivity contribution is 5.97. The first kappa shape index (κ1) is 12.9. The molecule has 1 aromatic heterocycles. The molecule has 0 aliphatic carbocycles. The maximum absolute atomic E-state index is 12.0. The van der Waals surface area contributed by atoms with Gasteiger partial charge in [0.15, 0.2) is 0 Å². The third kappa shape index (κ3) is 3.25. The smallest absolute Gasteiger partial charge is 0.255 e. The van der Waals surface area contributed by atoms with Crippen LogP contribution in [-0.4, -0.2) is 29.1 Å². The molecule has 2 aromatic rings. The zero-order chi connectivity index (χ0) is 13.7. The van der Waals surface area contributed by atoms with Crippen molar-refractivity contribution in [2.75, 3.05) is 19.4 Å². The number of methoxy groups -OCH3 is 1. The lowest BCUT2D eigenvalue weighted by molar-refractivity contribution is 0.0949. The maximum atomic E-state index is 12.0. The highest BCUT2D eigenvalue weighted by Crippen LogP contribution is 2.21. The SMILES string of the molecule is COc1cc(N)ccc1C(=O)NCCn1ccnc1. The normalized spacial score (nSPS) is 10.2. The Morgan fingerprint density at radius 1 is 1.53 bits per heavy atom. The number of amides is 1. The van der Waals surface area contributed by atoms with E-state index < -0.39 is 0 Å². The van der Waals surface area contributed by atoms with Crippen molar-refractivity contribution in [1.29, 1.82) is 0 Å². The number of nitrogens with zero attached hydrogens (tertiary/aromatic N) is 2. The first-order valence-corrected chi connectivity index (χ1v) is 5.88. The van der Waals surface area contributed by atoms with Crippen molar-refractivity contribution < 1.29 is 9.53 Å². The largest absolute Gasteiger partial charge is 0.496 e. The average molecular weight is 260 g/mol. The van der Waals surface area contributed by atoms with E-state index in [1.807, 2.05) is 10.8 Å². The molecular weight excluding hydrogens is 244 g/mol. The molecule has 0 radical (unpaired) electrons. The van der Waals surface area contributed by atoms with Crippen LogP contribution in [0, 0.1) is 0 Å². The number of nitrogen functional groups attached to an aromatic ring is 1. The van der Waals surface area contributed by atoms with Crippen LogP contribution in [-0.2, 0) is 6.54 Å². The summed E-state index contributed by atoms with van der Waals surface area (Å²) in [6.45, 7) is 1.19. The Balaban J connectivity index is 1.96. The minimum atomic E-state index is -0.183. The number of imidazole rings is 1. The fraction of sp³-hybridized carbons (Fsp3) is 0.231. The van der Waals surface area contributed by atoms with E-state index in [0.717, 1.165) is 0 Å². The van der Waals surface area contributed by atoms with Crippen LogP contribution in [0.25, 0.3) is 0 Å². The summed E-state index contributed by atoms with van der Waals surface area (Å²) in [4.78, 5) is 15.9. The lowest BCUT2D eigenvalue weighted by Crippen LogP contribution is -2.27. The van der Waals surface area contributed by atoms with Crippen LogP contribution in [0.15, 0.2) is 36.9 Å². The molecule has 1 heterocycles. The molecule has 2 rings (SSSR count). The van der Waals surface area contributed by atoms with Gasteiger partial charge in [-0.3, -0.25) is 4.79 Å². The second kappa shape index (κ2) is 5.90. The van der Waals surface area contributed by atoms with Crippen molar-refractivity contribution in [1.82, 2.24) is 14.9 Å². The fourth-order valence-corrected chi connectivity index (χ4v) is 1.71. The number of ether oxygens (including phenoxy) is 1. The number of carbonyl (C=O) groups is 1. The molecule has 0 saturated heterocycles. The third-order valence-electron chi connectivity index (χ3n) is 2.68. The molecule has 0 aliphatic rings. The van der Waals surface area contributed by atoms with Crippen LogP contribution >= 0.6 is 0 Å². The van der Waals surface area contributed by atoms with Crippen LogP contribution in [0.2, 0.25) is 0 Å². The number of hydrogen-bond donors (Lipinski definition) is 2. The van der Waals surface area contributed by atoms with Crippen LogP contribution in [0.1, 0.15) is 10.4 Å². The summed E-state index contributed by atoms with van der Waals surface area (Å²) in [7, 11) is 1.51. The minimum Gasteiger partial charge on any atom is -0.496 e. The van der Waals surface area contributed by atoms with Gasteiger partial charge in [-0.15, -0.1) is 0 Å². The van der Waals surface area contributed by atoms with E-state index in [1.54, 1.807) is 30.7 Å². The number of hydrogen-bond acceptors (Lipinski definition) is 4. The second-order valence-electron chi connectivity index (χ2n) is 4.02. The van der Waals surface area contributed by atoms with E-state index >= 15 is 0 Å². The first-order chi connectivity index (χ1) is 9.20. The molecular formula is C13H16N4O2.